The summed E-state index contributed by atoms with van der Waals surface area (Å²) >= 11 is 5.89. The summed E-state index contributed by atoms with van der Waals surface area (Å²) in [5, 5.41) is 1.05. The average molecular weight is 329 g/mol. The van der Waals surface area contributed by atoms with E-state index < -0.39 is 5.97 Å². The molecule has 0 aliphatic rings. The lowest BCUT2D eigenvalue weighted by Gasteiger charge is -2.08. The lowest BCUT2D eigenvalue weighted by molar-refractivity contribution is 0.0464. The first kappa shape index (κ1) is 15.1. The van der Waals surface area contributed by atoms with Gasteiger partial charge in [-0.1, -0.05) is 29.8 Å². The maximum absolute atomic E-state index is 12.1. The number of carbonyl (C=O) groups excluding carboxylic acids is 1. The zero-order chi connectivity index (χ0) is 16.4. The molecule has 0 fully saturated rings. The first-order valence-electron chi connectivity index (χ1n) is 6.78. The average Bonchev–Trinajstić information content (AvgIpc) is 2.55. The van der Waals surface area contributed by atoms with Crippen LogP contribution in [0.25, 0.3) is 10.9 Å². The predicted molar refractivity (Wildman–Crippen MR) is 88.9 cm³/mol. The Morgan fingerprint density at radius 2 is 1.87 bits per heavy atom. The minimum atomic E-state index is -0.597. The number of hydrogen-bond acceptors (Lipinski definition) is 6. The number of carbonyl (C=O) groups is 1. The number of nitrogen functional groups attached to an aromatic ring is 2. The van der Waals surface area contributed by atoms with Crippen LogP contribution in [0, 0.1) is 0 Å². The number of ether oxygens (including phenoxy) is 1. The van der Waals surface area contributed by atoms with Gasteiger partial charge in [-0.15, -0.1) is 0 Å². The van der Waals surface area contributed by atoms with Crippen LogP contribution in [0.1, 0.15) is 16.2 Å². The van der Waals surface area contributed by atoms with E-state index in [4.69, 9.17) is 27.8 Å². The SMILES string of the molecule is Nc1c(Cl)cccc1C(=O)OCc1nc(N)c2ccccc2n1. The number of nitrogens with zero attached hydrogens (tertiary/aromatic N) is 2. The highest BCUT2D eigenvalue weighted by atomic mass is 35.5. The Balaban J connectivity index is 1.80. The molecule has 6 nitrogen and oxygen atoms in total. The van der Waals surface area contributed by atoms with Crippen molar-refractivity contribution in [1.82, 2.24) is 9.97 Å². The molecular weight excluding hydrogens is 316 g/mol. The van der Waals surface area contributed by atoms with E-state index in [1.54, 1.807) is 18.2 Å². The number of para-hydroxylation sites is 2. The van der Waals surface area contributed by atoms with Crippen LogP contribution < -0.4 is 11.5 Å². The van der Waals surface area contributed by atoms with Crippen molar-refractivity contribution < 1.29 is 9.53 Å². The summed E-state index contributed by atoms with van der Waals surface area (Å²) in [5.41, 5.74) is 12.7. The van der Waals surface area contributed by atoms with E-state index in [9.17, 15) is 4.79 Å². The second-order valence-electron chi connectivity index (χ2n) is 4.82. The van der Waals surface area contributed by atoms with Crippen molar-refractivity contribution in [1.29, 1.82) is 0 Å². The molecule has 116 valence electrons. The topological polar surface area (TPSA) is 104 Å². The number of esters is 1. The molecule has 0 atom stereocenters. The van der Waals surface area contributed by atoms with Gasteiger partial charge in [-0.25, -0.2) is 14.8 Å². The molecule has 0 bridgehead atoms. The maximum Gasteiger partial charge on any atom is 0.340 e. The van der Waals surface area contributed by atoms with Gasteiger partial charge in [0, 0.05) is 5.39 Å². The van der Waals surface area contributed by atoms with Crippen molar-refractivity contribution in [3.63, 3.8) is 0 Å². The second-order valence-corrected chi connectivity index (χ2v) is 5.23. The minimum Gasteiger partial charge on any atom is -0.454 e. The van der Waals surface area contributed by atoms with E-state index >= 15 is 0 Å². The number of hydrogen-bond donors (Lipinski definition) is 2. The Hall–Kier alpha value is -2.86. The highest BCUT2D eigenvalue weighted by Crippen LogP contribution is 2.23. The van der Waals surface area contributed by atoms with E-state index in [2.05, 4.69) is 9.97 Å². The van der Waals surface area contributed by atoms with Crippen LogP contribution in [-0.2, 0) is 11.3 Å². The molecule has 23 heavy (non-hydrogen) atoms. The molecule has 0 aliphatic carbocycles. The highest BCUT2D eigenvalue weighted by Gasteiger charge is 2.14. The lowest BCUT2D eigenvalue weighted by atomic mass is 10.2. The number of halogens is 1. The van der Waals surface area contributed by atoms with Crippen LogP contribution in [0.5, 0.6) is 0 Å². The molecule has 0 spiro atoms. The van der Waals surface area contributed by atoms with Crippen LogP contribution in [0.4, 0.5) is 11.5 Å². The van der Waals surface area contributed by atoms with Gasteiger partial charge in [0.25, 0.3) is 0 Å². The van der Waals surface area contributed by atoms with Gasteiger partial charge in [0.15, 0.2) is 12.4 Å². The molecule has 1 heterocycles. The van der Waals surface area contributed by atoms with E-state index in [0.717, 1.165) is 5.39 Å². The van der Waals surface area contributed by atoms with Crippen molar-refractivity contribution in [2.45, 2.75) is 6.61 Å². The number of anilines is 2. The summed E-state index contributed by atoms with van der Waals surface area (Å²) in [6, 6.07) is 12.1. The van der Waals surface area contributed by atoms with Crippen molar-refractivity contribution in [3.05, 3.63) is 58.9 Å². The summed E-state index contributed by atoms with van der Waals surface area (Å²) in [6.07, 6.45) is 0. The van der Waals surface area contributed by atoms with Crippen LogP contribution in [0.3, 0.4) is 0 Å². The lowest BCUT2D eigenvalue weighted by Crippen LogP contribution is -2.10. The van der Waals surface area contributed by atoms with Gasteiger partial charge in [-0.05, 0) is 24.3 Å². The quantitative estimate of drug-likeness (QED) is 0.566. The van der Waals surface area contributed by atoms with Crippen molar-refractivity contribution in [2.75, 3.05) is 11.5 Å². The van der Waals surface area contributed by atoms with E-state index in [0.29, 0.717) is 22.2 Å². The zero-order valence-corrected chi connectivity index (χ0v) is 12.7. The summed E-state index contributed by atoms with van der Waals surface area (Å²) in [7, 11) is 0. The monoisotopic (exact) mass is 328 g/mol. The zero-order valence-electron chi connectivity index (χ0n) is 12.0. The third kappa shape index (κ3) is 3.02. The molecule has 4 N–H and O–H groups in total. The molecular formula is C16H13ClN4O2. The standard InChI is InChI=1S/C16H13ClN4O2/c17-11-6-3-5-10(14(11)18)16(22)23-8-13-20-12-7-2-1-4-9(12)15(19)21-13/h1-7H,8,18H2,(H2,19,20,21). The molecule has 1 aromatic heterocycles. The number of rotatable bonds is 3. The Labute approximate surface area is 137 Å². The van der Waals surface area contributed by atoms with Crippen molar-refractivity contribution in [2.24, 2.45) is 0 Å². The van der Waals surface area contributed by atoms with Crippen LogP contribution >= 0.6 is 11.6 Å². The molecule has 7 heteroatoms. The van der Waals surface area contributed by atoms with Gasteiger partial charge < -0.3 is 16.2 Å². The van der Waals surface area contributed by atoms with Gasteiger partial charge in [0.2, 0.25) is 0 Å². The fraction of sp³-hybridized carbons (Fsp3) is 0.0625. The molecule has 0 radical (unpaired) electrons. The normalized spacial score (nSPS) is 10.7. The highest BCUT2D eigenvalue weighted by molar-refractivity contribution is 6.33. The molecule has 0 unspecified atom stereocenters. The van der Waals surface area contributed by atoms with E-state index in [-0.39, 0.29) is 17.9 Å². The first-order valence-corrected chi connectivity index (χ1v) is 7.16. The van der Waals surface area contributed by atoms with Crippen LogP contribution in [0.15, 0.2) is 42.5 Å². The fourth-order valence-electron chi connectivity index (χ4n) is 2.14. The second kappa shape index (κ2) is 6.10. The Morgan fingerprint density at radius 1 is 1.09 bits per heavy atom. The summed E-state index contributed by atoms with van der Waals surface area (Å²) in [5.74, 6) is 0.0550. The predicted octanol–water partition coefficient (Wildman–Crippen LogP) is 2.80. The van der Waals surface area contributed by atoms with E-state index in [1.807, 2.05) is 24.3 Å². The summed E-state index contributed by atoms with van der Waals surface area (Å²) in [4.78, 5) is 20.5. The first-order chi connectivity index (χ1) is 11.1. The third-order valence-corrected chi connectivity index (χ3v) is 3.61. The minimum absolute atomic E-state index is 0.111. The number of benzene rings is 2. The van der Waals surface area contributed by atoms with Crippen molar-refractivity contribution >= 4 is 40.0 Å². The molecule has 2 aromatic carbocycles. The molecule has 0 saturated carbocycles. The molecule has 3 aromatic rings. The summed E-state index contributed by atoms with van der Waals surface area (Å²) in [6.45, 7) is -0.111. The van der Waals surface area contributed by atoms with E-state index in [1.165, 1.54) is 0 Å². The Morgan fingerprint density at radius 3 is 2.70 bits per heavy atom. The summed E-state index contributed by atoms with van der Waals surface area (Å²) < 4.78 is 5.20. The van der Waals surface area contributed by atoms with Gasteiger partial charge >= 0.3 is 5.97 Å². The van der Waals surface area contributed by atoms with Gasteiger partial charge in [-0.3, -0.25) is 0 Å². The molecule has 0 amide bonds. The smallest absolute Gasteiger partial charge is 0.340 e. The third-order valence-electron chi connectivity index (χ3n) is 3.28. The van der Waals surface area contributed by atoms with Gasteiger partial charge in [0.1, 0.15) is 5.82 Å². The van der Waals surface area contributed by atoms with Gasteiger partial charge in [-0.2, -0.15) is 0 Å². The molecule has 0 saturated heterocycles. The molecule has 0 aliphatic heterocycles. The Bertz CT molecular complexity index is 898. The maximum atomic E-state index is 12.1. The van der Waals surface area contributed by atoms with Gasteiger partial charge in [0.05, 0.1) is 21.8 Å². The number of nitrogens with two attached hydrogens (primary N) is 2. The Kier molecular flexibility index (Phi) is 3.99. The largest absolute Gasteiger partial charge is 0.454 e. The van der Waals surface area contributed by atoms with Crippen LogP contribution in [-0.4, -0.2) is 15.9 Å². The number of fused-ring (bicyclic) bond motifs is 1. The van der Waals surface area contributed by atoms with Crippen molar-refractivity contribution in [3.8, 4) is 0 Å². The number of aromatic nitrogens is 2. The fourth-order valence-corrected chi connectivity index (χ4v) is 2.31. The van der Waals surface area contributed by atoms with Crippen LogP contribution in [0.2, 0.25) is 5.02 Å². The molecule has 3 rings (SSSR count).